The molecule has 0 bridgehead atoms. The smallest absolute Gasteiger partial charge is 0.417 e. The minimum Gasteiger partial charge on any atom is -0.423 e. The second-order valence-electron chi connectivity index (χ2n) is 6.82. The minimum absolute atomic E-state index is 0.00168. The molecule has 1 saturated heterocycles. The number of benzene rings is 2. The lowest BCUT2D eigenvalue weighted by Crippen LogP contribution is -2.30. The average Bonchev–Trinajstić information content (AvgIpc) is 2.94. The molecule has 4 rings (SSSR count). The van der Waals surface area contributed by atoms with Crippen molar-refractivity contribution in [3.05, 3.63) is 76.1 Å². The van der Waals surface area contributed by atoms with E-state index in [0.29, 0.717) is 12.5 Å². The van der Waals surface area contributed by atoms with Gasteiger partial charge in [0.15, 0.2) is 0 Å². The second kappa shape index (κ2) is 6.88. The van der Waals surface area contributed by atoms with Crippen molar-refractivity contribution >= 4 is 28.5 Å². The van der Waals surface area contributed by atoms with Crippen molar-refractivity contribution in [1.82, 2.24) is 0 Å². The number of hydrogen-bond acceptors (Lipinski definition) is 4. The molecule has 0 spiro atoms. The summed E-state index contributed by atoms with van der Waals surface area (Å²) >= 11 is 0. The largest absolute Gasteiger partial charge is 0.423 e. The van der Waals surface area contributed by atoms with Crippen molar-refractivity contribution in [1.29, 1.82) is 0 Å². The van der Waals surface area contributed by atoms with Gasteiger partial charge in [-0.3, -0.25) is 14.5 Å². The molecule has 0 N–H and O–H groups in total. The van der Waals surface area contributed by atoms with Gasteiger partial charge in [-0.25, -0.2) is 4.79 Å². The Kier molecular flexibility index (Phi) is 4.49. The van der Waals surface area contributed by atoms with E-state index < -0.39 is 35.1 Å². The Labute approximate surface area is 162 Å². The lowest BCUT2D eigenvalue weighted by molar-refractivity contribution is -0.136. The predicted octanol–water partition coefficient (Wildman–Crippen LogP) is 3.93. The van der Waals surface area contributed by atoms with Crippen molar-refractivity contribution in [2.45, 2.75) is 19.0 Å². The van der Waals surface area contributed by atoms with Crippen LogP contribution in [0, 0.1) is 5.92 Å². The first-order valence-electron chi connectivity index (χ1n) is 8.80. The zero-order valence-electron chi connectivity index (χ0n) is 14.9. The zero-order chi connectivity index (χ0) is 20.8. The van der Waals surface area contributed by atoms with Crippen molar-refractivity contribution in [2.24, 2.45) is 5.92 Å². The molecule has 1 fully saturated rings. The van der Waals surface area contributed by atoms with E-state index in [1.165, 1.54) is 6.07 Å². The maximum absolute atomic E-state index is 13.2. The number of rotatable bonds is 3. The average molecular weight is 401 g/mol. The Hall–Kier alpha value is -3.42. The van der Waals surface area contributed by atoms with Crippen LogP contribution in [0.1, 0.15) is 17.5 Å². The van der Waals surface area contributed by atoms with Gasteiger partial charge in [0, 0.05) is 23.9 Å². The molecule has 148 valence electrons. The molecule has 2 amide bonds. The maximum atomic E-state index is 13.2. The molecule has 3 aromatic rings. The second-order valence-corrected chi connectivity index (χ2v) is 6.82. The molecule has 5 nitrogen and oxygen atoms in total. The minimum atomic E-state index is -4.74. The van der Waals surface area contributed by atoms with Gasteiger partial charge in [-0.15, -0.1) is 0 Å². The summed E-state index contributed by atoms with van der Waals surface area (Å²) in [6, 6.07) is 13.1. The van der Waals surface area contributed by atoms with Crippen molar-refractivity contribution in [3.8, 4) is 0 Å². The van der Waals surface area contributed by atoms with Gasteiger partial charge in [0.2, 0.25) is 11.8 Å². The van der Waals surface area contributed by atoms with Crippen LogP contribution in [0.3, 0.4) is 0 Å². The molecule has 0 aliphatic carbocycles. The van der Waals surface area contributed by atoms with Crippen LogP contribution in [0.2, 0.25) is 0 Å². The first-order valence-corrected chi connectivity index (χ1v) is 8.80. The van der Waals surface area contributed by atoms with Crippen molar-refractivity contribution < 1.29 is 27.2 Å². The number of amides is 2. The molecule has 29 heavy (non-hydrogen) atoms. The molecular weight excluding hydrogens is 387 g/mol. The van der Waals surface area contributed by atoms with Crippen LogP contribution in [0.4, 0.5) is 18.9 Å². The number of carbonyl (C=O) groups excluding carboxylic acids is 2. The molecule has 1 atom stereocenters. The molecule has 2 aromatic carbocycles. The third-order valence-corrected chi connectivity index (χ3v) is 4.86. The third kappa shape index (κ3) is 3.53. The Balaban J connectivity index is 1.70. The molecular formula is C21H14F3NO4. The topological polar surface area (TPSA) is 67.6 Å². The summed E-state index contributed by atoms with van der Waals surface area (Å²) in [5, 5.41) is -0.319. The molecule has 8 heteroatoms. The Morgan fingerprint density at radius 1 is 1.00 bits per heavy atom. The van der Waals surface area contributed by atoms with Gasteiger partial charge in [0.05, 0.1) is 17.2 Å². The van der Waals surface area contributed by atoms with E-state index in [1.54, 1.807) is 0 Å². The highest BCUT2D eigenvalue weighted by molar-refractivity contribution is 6.21. The number of hydrogen-bond donors (Lipinski definition) is 0. The summed E-state index contributed by atoms with van der Waals surface area (Å²) in [4.78, 5) is 37.7. The van der Waals surface area contributed by atoms with Crippen LogP contribution in [-0.2, 0) is 22.2 Å². The van der Waals surface area contributed by atoms with E-state index >= 15 is 0 Å². The first kappa shape index (κ1) is 18.9. The van der Waals surface area contributed by atoms with E-state index in [1.807, 2.05) is 30.3 Å². The lowest BCUT2D eigenvalue weighted by Gasteiger charge is -2.16. The molecule has 1 aliphatic rings. The van der Waals surface area contributed by atoms with Gasteiger partial charge in [0.1, 0.15) is 5.58 Å². The Morgan fingerprint density at radius 2 is 1.72 bits per heavy atom. The molecule has 0 saturated carbocycles. The van der Waals surface area contributed by atoms with Gasteiger partial charge in [-0.1, -0.05) is 30.3 Å². The van der Waals surface area contributed by atoms with Gasteiger partial charge >= 0.3 is 11.8 Å². The summed E-state index contributed by atoms with van der Waals surface area (Å²) in [5.74, 6) is -1.45. The predicted molar refractivity (Wildman–Crippen MR) is 98.2 cm³/mol. The fourth-order valence-corrected chi connectivity index (χ4v) is 3.55. The van der Waals surface area contributed by atoms with E-state index in [0.717, 1.165) is 22.6 Å². The standard InChI is InChI=1S/C21H14F3NO4/c22-21(23,24)16-11-19(27)29-17-10-14(6-7-15(16)17)25-18(26)9-13(20(25)28)8-12-4-2-1-3-5-12/h1-7,10-11,13H,8-9H2/t13-/m1/s1. The fourth-order valence-electron chi connectivity index (χ4n) is 3.55. The molecule has 0 unspecified atom stereocenters. The number of halogens is 3. The van der Waals surface area contributed by atoms with E-state index in [-0.39, 0.29) is 23.1 Å². The number of imide groups is 1. The Bertz CT molecular complexity index is 1170. The molecule has 1 aliphatic heterocycles. The van der Waals surface area contributed by atoms with Crippen LogP contribution in [0.15, 0.2) is 63.8 Å². The quantitative estimate of drug-likeness (QED) is 0.493. The van der Waals surface area contributed by atoms with E-state index in [9.17, 15) is 27.6 Å². The monoisotopic (exact) mass is 401 g/mol. The van der Waals surface area contributed by atoms with Crippen molar-refractivity contribution in [3.63, 3.8) is 0 Å². The van der Waals surface area contributed by atoms with Gasteiger partial charge in [0.25, 0.3) is 0 Å². The lowest BCUT2D eigenvalue weighted by atomic mass is 9.98. The summed E-state index contributed by atoms with van der Waals surface area (Å²) in [6.45, 7) is 0. The van der Waals surface area contributed by atoms with Crippen molar-refractivity contribution in [2.75, 3.05) is 4.90 Å². The number of fused-ring (bicyclic) bond motifs is 1. The molecule has 1 aromatic heterocycles. The zero-order valence-corrected chi connectivity index (χ0v) is 14.9. The van der Waals surface area contributed by atoms with Crippen LogP contribution < -0.4 is 10.5 Å². The van der Waals surface area contributed by atoms with Gasteiger partial charge in [-0.05, 0) is 24.1 Å². The molecule has 2 heterocycles. The summed E-state index contributed by atoms with van der Waals surface area (Å²) in [6.07, 6.45) is -4.36. The summed E-state index contributed by atoms with van der Waals surface area (Å²) < 4.78 is 44.4. The Morgan fingerprint density at radius 3 is 2.41 bits per heavy atom. The highest BCUT2D eigenvalue weighted by Gasteiger charge is 2.40. The normalized spacial score (nSPS) is 17.3. The number of carbonyl (C=O) groups is 2. The highest BCUT2D eigenvalue weighted by atomic mass is 19.4. The number of anilines is 1. The van der Waals surface area contributed by atoms with E-state index in [4.69, 9.17) is 4.42 Å². The first-order chi connectivity index (χ1) is 13.7. The maximum Gasteiger partial charge on any atom is 0.417 e. The van der Waals surface area contributed by atoms with Crippen LogP contribution in [0.25, 0.3) is 11.0 Å². The van der Waals surface area contributed by atoms with E-state index in [2.05, 4.69) is 0 Å². The molecule has 0 radical (unpaired) electrons. The van der Waals surface area contributed by atoms with Crippen LogP contribution in [0.5, 0.6) is 0 Å². The van der Waals surface area contributed by atoms with Crippen LogP contribution >= 0.6 is 0 Å². The fraction of sp³-hybridized carbons (Fsp3) is 0.190. The SMILES string of the molecule is O=C1C[C@@H](Cc2ccccc2)C(=O)N1c1ccc2c(C(F)(F)F)cc(=O)oc2c1. The third-order valence-electron chi connectivity index (χ3n) is 4.86. The van der Waals surface area contributed by atoms with Gasteiger partial charge in [-0.2, -0.15) is 13.2 Å². The number of alkyl halides is 3. The van der Waals surface area contributed by atoms with Gasteiger partial charge < -0.3 is 4.42 Å². The van der Waals surface area contributed by atoms with Crippen LogP contribution in [-0.4, -0.2) is 11.8 Å². The summed E-state index contributed by atoms with van der Waals surface area (Å²) in [7, 11) is 0. The highest BCUT2D eigenvalue weighted by Crippen LogP contribution is 2.36. The summed E-state index contributed by atoms with van der Waals surface area (Å²) in [5.41, 5.74) is -1.65. The number of nitrogens with zero attached hydrogens (tertiary/aromatic N) is 1.